The molecule has 0 unspecified atom stereocenters. The predicted octanol–water partition coefficient (Wildman–Crippen LogP) is 3.75. The number of anilines is 2. The van der Waals surface area contributed by atoms with Crippen LogP contribution in [0.2, 0.25) is 0 Å². The van der Waals surface area contributed by atoms with Gasteiger partial charge in [-0.3, -0.25) is 14.5 Å². The quantitative estimate of drug-likeness (QED) is 0.461. The molecule has 29 heavy (non-hydrogen) atoms. The van der Waals surface area contributed by atoms with Crippen LogP contribution in [0, 0.1) is 12.7 Å². The summed E-state index contributed by atoms with van der Waals surface area (Å²) in [4.78, 5) is 13.2. The standard InChI is InChI=1S/C19H15FN8S/c1-11-10-28-16(12-7-23-24-8-12)9-22-19(28)18(25-11)26-17-6-13(27-29-17)5-15-14(20)3-2-4-21-15/h2-4,6-10H,5H2,1H3,(H,23,24)(H,25,26). The molecule has 0 aromatic carbocycles. The van der Waals surface area contributed by atoms with Crippen LogP contribution >= 0.6 is 11.5 Å². The van der Waals surface area contributed by atoms with Crippen molar-refractivity contribution in [2.45, 2.75) is 13.3 Å². The minimum Gasteiger partial charge on any atom is -0.328 e. The summed E-state index contributed by atoms with van der Waals surface area (Å²) in [5.41, 5.74) is 4.49. The number of halogens is 1. The molecule has 0 aliphatic heterocycles. The number of imidazole rings is 1. The van der Waals surface area contributed by atoms with Gasteiger partial charge in [-0.2, -0.15) is 9.47 Å². The zero-order valence-electron chi connectivity index (χ0n) is 15.3. The second kappa shape index (κ2) is 7.06. The van der Waals surface area contributed by atoms with Gasteiger partial charge in [0.1, 0.15) is 10.8 Å². The van der Waals surface area contributed by atoms with Crippen LogP contribution in [0.25, 0.3) is 16.9 Å². The Morgan fingerprint density at radius 1 is 1.28 bits per heavy atom. The Bertz CT molecular complexity index is 1290. The van der Waals surface area contributed by atoms with Crippen molar-refractivity contribution in [3.8, 4) is 11.3 Å². The minimum atomic E-state index is -0.332. The molecule has 0 fully saturated rings. The Hall–Kier alpha value is -3.66. The first-order valence-electron chi connectivity index (χ1n) is 8.83. The molecular weight excluding hydrogens is 391 g/mol. The number of rotatable bonds is 5. The van der Waals surface area contributed by atoms with E-state index in [-0.39, 0.29) is 5.82 Å². The van der Waals surface area contributed by atoms with Crippen molar-refractivity contribution in [2.24, 2.45) is 0 Å². The molecule has 10 heteroatoms. The lowest BCUT2D eigenvalue weighted by molar-refractivity contribution is 0.603. The van der Waals surface area contributed by atoms with Crippen LogP contribution in [0.1, 0.15) is 17.1 Å². The van der Waals surface area contributed by atoms with Gasteiger partial charge in [0.2, 0.25) is 0 Å². The number of hydrogen-bond donors (Lipinski definition) is 2. The first-order valence-corrected chi connectivity index (χ1v) is 9.60. The van der Waals surface area contributed by atoms with Crippen molar-refractivity contribution >= 4 is 28.0 Å². The molecule has 0 saturated heterocycles. The van der Waals surface area contributed by atoms with Crippen LogP contribution in [0.15, 0.2) is 49.2 Å². The van der Waals surface area contributed by atoms with Crippen molar-refractivity contribution in [1.29, 1.82) is 0 Å². The Kier molecular flexibility index (Phi) is 4.24. The smallest absolute Gasteiger partial charge is 0.180 e. The van der Waals surface area contributed by atoms with Crippen LogP contribution in [-0.4, -0.2) is 33.9 Å². The highest BCUT2D eigenvalue weighted by atomic mass is 32.1. The number of H-pyrrole nitrogens is 1. The monoisotopic (exact) mass is 406 g/mol. The topological polar surface area (TPSA) is 96.7 Å². The van der Waals surface area contributed by atoms with Gasteiger partial charge in [-0.1, -0.05) is 0 Å². The average molecular weight is 406 g/mol. The molecule has 5 aromatic rings. The molecule has 0 saturated carbocycles. The van der Waals surface area contributed by atoms with E-state index in [0.29, 0.717) is 23.6 Å². The molecule has 2 N–H and O–H groups in total. The molecule has 0 atom stereocenters. The maximum Gasteiger partial charge on any atom is 0.180 e. The maximum absolute atomic E-state index is 13.8. The van der Waals surface area contributed by atoms with E-state index in [0.717, 1.165) is 27.6 Å². The van der Waals surface area contributed by atoms with Gasteiger partial charge in [-0.15, -0.1) is 0 Å². The number of aryl methyl sites for hydroxylation is 1. The Labute approximate surface area is 168 Å². The van der Waals surface area contributed by atoms with Crippen LogP contribution in [0.5, 0.6) is 0 Å². The fourth-order valence-corrected chi connectivity index (χ4v) is 3.75. The maximum atomic E-state index is 13.8. The molecule has 0 aliphatic rings. The van der Waals surface area contributed by atoms with Gasteiger partial charge in [0.15, 0.2) is 11.5 Å². The molecule has 0 bridgehead atoms. The summed E-state index contributed by atoms with van der Waals surface area (Å²) in [6.07, 6.45) is 9.19. The zero-order valence-corrected chi connectivity index (χ0v) is 16.1. The van der Waals surface area contributed by atoms with Gasteiger partial charge in [0.25, 0.3) is 0 Å². The highest BCUT2D eigenvalue weighted by Crippen LogP contribution is 2.27. The van der Waals surface area contributed by atoms with Gasteiger partial charge < -0.3 is 5.32 Å². The van der Waals surface area contributed by atoms with Crippen molar-refractivity contribution in [3.63, 3.8) is 0 Å². The molecule has 144 valence electrons. The van der Waals surface area contributed by atoms with Crippen LogP contribution < -0.4 is 5.32 Å². The summed E-state index contributed by atoms with van der Waals surface area (Å²) in [7, 11) is 0. The number of nitrogens with one attached hydrogen (secondary N) is 2. The van der Waals surface area contributed by atoms with E-state index in [9.17, 15) is 4.39 Å². The zero-order chi connectivity index (χ0) is 19.8. The van der Waals surface area contributed by atoms with E-state index < -0.39 is 0 Å². The third kappa shape index (κ3) is 3.34. The van der Waals surface area contributed by atoms with Crippen molar-refractivity contribution in [3.05, 3.63) is 72.1 Å². The van der Waals surface area contributed by atoms with E-state index >= 15 is 0 Å². The SMILES string of the molecule is Cc1cn2c(-c3cn[nH]c3)cnc2c(Nc2cc(Cc3ncccc3F)ns2)n1. The van der Waals surface area contributed by atoms with E-state index in [1.54, 1.807) is 24.7 Å². The molecule has 0 radical (unpaired) electrons. The summed E-state index contributed by atoms with van der Waals surface area (Å²) >= 11 is 1.29. The van der Waals surface area contributed by atoms with Crippen molar-refractivity contribution < 1.29 is 4.39 Å². The lowest BCUT2D eigenvalue weighted by Crippen LogP contribution is -2.00. The fourth-order valence-electron chi connectivity index (χ4n) is 3.09. The van der Waals surface area contributed by atoms with Crippen LogP contribution in [0.4, 0.5) is 15.2 Å². The predicted molar refractivity (Wildman–Crippen MR) is 108 cm³/mol. The number of pyridine rings is 1. The second-order valence-electron chi connectivity index (χ2n) is 6.47. The molecule has 5 aromatic heterocycles. The Morgan fingerprint density at radius 2 is 2.21 bits per heavy atom. The number of nitrogens with zero attached hydrogens (tertiary/aromatic N) is 6. The molecule has 0 spiro atoms. The summed E-state index contributed by atoms with van der Waals surface area (Å²) in [5, 5.41) is 10.9. The van der Waals surface area contributed by atoms with E-state index in [1.165, 1.54) is 17.6 Å². The highest BCUT2D eigenvalue weighted by Gasteiger charge is 2.14. The van der Waals surface area contributed by atoms with E-state index in [2.05, 4.69) is 34.8 Å². The van der Waals surface area contributed by atoms with Gasteiger partial charge in [-0.25, -0.2) is 14.4 Å². The number of aromatic amines is 1. The Morgan fingerprint density at radius 3 is 3.03 bits per heavy atom. The first kappa shape index (κ1) is 17.4. The third-order valence-corrected chi connectivity index (χ3v) is 5.13. The summed E-state index contributed by atoms with van der Waals surface area (Å²) in [6.45, 7) is 1.92. The van der Waals surface area contributed by atoms with Gasteiger partial charge in [-0.05, 0) is 36.7 Å². The van der Waals surface area contributed by atoms with Crippen molar-refractivity contribution in [2.75, 3.05) is 5.32 Å². The number of hydrogen-bond acceptors (Lipinski definition) is 7. The average Bonchev–Trinajstić information content (AvgIpc) is 3.44. The largest absolute Gasteiger partial charge is 0.328 e. The first-order chi connectivity index (χ1) is 14.2. The molecular formula is C19H15FN8S. The number of aromatic nitrogens is 7. The minimum absolute atomic E-state index is 0.329. The van der Waals surface area contributed by atoms with Crippen molar-refractivity contribution in [1.82, 2.24) is 33.9 Å². The molecule has 0 aliphatic carbocycles. The molecule has 5 heterocycles. The molecule has 0 amide bonds. The fraction of sp³-hybridized carbons (Fsp3) is 0.105. The molecule has 5 rings (SSSR count). The summed E-state index contributed by atoms with van der Waals surface area (Å²) in [5.74, 6) is 0.292. The van der Waals surface area contributed by atoms with Crippen LogP contribution in [0.3, 0.4) is 0 Å². The lowest BCUT2D eigenvalue weighted by atomic mass is 10.2. The van der Waals surface area contributed by atoms with Crippen LogP contribution in [-0.2, 0) is 6.42 Å². The van der Waals surface area contributed by atoms with E-state index in [1.807, 2.05) is 29.8 Å². The number of fused-ring (bicyclic) bond motifs is 1. The normalized spacial score (nSPS) is 11.2. The third-order valence-electron chi connectivity index (χ3n) is 4.39. The lowest BCUT2D eigenvalue weighted by Gasteiger charge is -2.07. The van der Waals surface area contributed by atoms with Gasteiger partial charge in [0.05, 0.1) is 35.2 Å². The Balaban J connectivity index is 1.45. The summed E-state index contributed by atoms with van der Waals surface area (Å²) in [6, 6.07) is 4.85. The highest BCUT2D eigenvalue weighted by molar-refractivity contribution is 7.10. The van der Waals surface area contributed by atoms with Gasteiger partial charge >= 0.3 is 0 Å². The van der Waals surface area contributed by atoms with Gasteiger partial charge in [0, 0.05) is 30.6 Å². The second-order valence-corrected chi connectivity index (χ2v) is 7.28. The molecule has 8 nitrogen and oxygen atoms in total. The summed E-state index contributed by atoms with van der Waals surface area (Å²) < 4.78 is 20.2. The van der Waals surface area contributed by atoms with E-state index in [4.69, 9.17) is 0 Å².